The largest absolute Gasteiger partial charge is 0.465 e. The summed E-state index contributed by atoms with van der Waals surface area (Å²) in [5, 5.41) is 0. The second-order valence-electron chi connectivity index (χ2n) is 5.28. The SMILES string of the molecule is COC(=O)c1ccc(C[NH+]2C[C@H](C)O[C@@H](C)C2)cc1. The first kappa shape index (κ1) is 14.0. The molecular formula is C15H22NO3+. The molecule has 104 valence electrons. The average molecular weight is 264 g/mol. The van der Waals surface area contributed by atoms with E-state index in [4.69, 9.17) is 9.47 Å². The minimum absolute atomic E-state index is 0.285. The van der Waals surface area contributed by atoms with Crippen LogP contribution in [0, 0.1) is 0 Å². The number of carbonyl (C=O) groups excluding carboxylic acids is 1. The number of hydrogen-bond acceptors (Lipinski definition) is 3. The third-order valence-corrected chi connectivity index (χ3v) is 3.45. The summed E-state index contributed by atoms with van der Waals surface area (Å²) in [7, 11) is 1.40. The summed E-state index contributed by atoms with van der Waals surface area (Å²) in [6, 6.07) is 7.66. The van der Waals surface area contributed by atoms with E-state index in [1.54, 1.807) is 0 Å². The number of ether oxygens (including phenoxy) is 2. The molecule has 0 bridgehead atoms. The van der Waals surface area contributed by atoms with Gasteiger partial charge in [0.05, 0.1) is 12.7 Å². The van der Waals surface area contributed by atoms with E-state index < -0.39 is 0 Å². The normalized spacial score (nSPS) is 27.0. The van der Waals surface area contributed by atoms with Crippen molar-refractivity contribution in [2.24, 2.45) is 0 Å². The van der Waals surface area contributed by atoms with Crippen LogP contribution in [0.1, 0.15) is 29.8 Å². The zero-order valence-corrected chi connectivity index (χ0v) is 11.8. The topological polar surface area (TPSA) is 40.0 Å². The maximum atomic E-state index is 11.4. The third kappa shape index (κ3) is 3.78. The van der Waals surface area contributed by atoms with Crippen molar-refractivity contribution in [2.45, 2.75) is 32.6 Å². The van der Waals surface area contributed by atoms with E-state index in [1.165, 1.54) is 17.6 Å². The van der Waals surface area contributed by atoms with Gasteiger partial charge >= 0.3 is 5.97 Å². The van der Waals surface area contributed by atoms with Gasteiger partial charge in [0.1, 0.15) is 31.8 Å². The van der Waals surface area contributed by atoms with Crippen molar-refractivity contribution in [1.29, 1.82) is 0 Å². The Labute approximate surface area is 114 Å². The van der Waals surface area contributed by atoms with Crippen molar-refractivity contribution >= 4 is 5.97 Å². The quantitative estimate of drug-likeness (QED) is 0.816. The third-order valence-electron chi connectivity index (χ3n) is 3.45. The van der Waals surface area contributed by atoms with Crippen molar-refractivity contribution in [3.05, 3.63) is 35.4 Å². The molecule has 0 radical (unpaired) electrons. The summed E-state index contributed by atoms with van der Waals surface area (Å²) in [4.78, 5) is 12.9. The number of carbonyl (C=O) groups is 1. The highest BCUT2D eigenvalue weighted by Gasteiger charge is 2.25. The van der Waals surface area contributed by atoms with Crippen LogP contribution < -0.4 is 4.90 Å². The van der Waals surface area contributed by atoms with E-state index in [1.807, 2.05) is 24.3 Å². The Bertz CT molecular complexity index is 420. The molecule has 0 amide bonds. The molecule has 1 aliphatic rings. The molecule has 1 saturated heterocycles. The van der Waals surface area contributed by atoms with Gasteiger partial charge < -0.3 is 14.4 Å². The van der Waals surface area contributed by atoms with E-state index in [0.717, 1.165) is 19.6 Å². The van der Waals surface area contributed by atoms with Crippen LogP contribution in [-0.4, -0.2) is 38.4 Å². The van der Waals surface area contributed by atoms with E-state index in [0.29, 0.717) is 17.8 Å². The Balaban J connectivity index is 1.97. The number of morpholine rings is 1. The summed E-state index contributed by atoms with van der Waals surface area (Å²) in [5.41, 5.74) is 1.84. The number of benzene rings is 1. The maximum absolute atomic E-state index is 11.4. The molecule has 1 aliphatic heterocycles. The van der Waals surface area contributed by atoms with Gasteiger partial charge in [-0.2, -0.15) is 0 Å². The predicted octanol–water partition coefficient (Wildman–Crippen LogP) is 0.665. The van der Waals surface area contributed by atoms with E-state index in [-0.39, 0.29) is 5.97 Å². The zero-order chi connectivity index (χ0) is 13.8. The summed E-state index contributed by atoms with van der Waals surface area (Å²) in [5.74, 6) is -0.285. The predicted molar refractivity (Wildman–Crippen MR) is 72.2 cm³/mol. The molecule has 2 atom stereocenters. The summed E-state index contributed by atoms with van der Waals surface area (Å²) >= 11 is 0. The van der Waals surface area contributed by atoms with E-state index >= 15 is 0 Å². The van der Waals surface area contributed by atoms with Crippen LogP contribution in [0.25, 0.3) is 0 Å². The van der Waals surface area contributed by atoms with Crippen LogP contribution >= 0.6 is 0 Å². The highest BCUT2D eigenvalue weighted by Crippen LogP contribution is 2.06. The lowest BCUT2D eigenvalue weighted by Crippen LogP contribution is -3.14. The van der Waals surface area contributed by atoms with Gasteiger partial charge in [-0.3, -0.25) is 0 Å². The molecular weight excluding hydrogens is 242 g/mol. The minimum atomic E-state index is -0.285. The second-order valence-corrected chi connectivity index (χ2v) is 5.28. The Morgan fingerprint density at radius 1 is 1.26 bits per heavy atom. The molecule has 0 aliphatic carbocycles. The number of nitrogens with one attached hydrogen (secondary N) is 1. The zero-order valence-electron chi connectivity index (χ0n) is 11.8. The van der Waals surface area contributed by atoms with Gasteiger partial charge in [0.25, 0.3) is 0 Å². The van der Waals surface area contributed by atoms with Gasteiger partial charge in [-0.1, -0.05) is 12.1 Å². The van der Waals surface area contributed by atoms with Crippen LogP contribution in [0.5, 0.6) is 0 Å². The fourth-order valence-corrected chi connectivity index (χ4v) is 2.70. The molecule has 2 rings (SSSR count). The first-order valence-corrected chi connectivity index (χ1v) is 6.74. The van der Waals surface area contributed by atoms with Gasteiger partial charge in [-0.05, 0) is 26.0 Å². The first-order valence-electron chi connectivity index (χ1n) is 6.74. The number of rotatable bonds is 3. The summed E-state index contributed by atoms with van der Waals surface area (Å²) in [6.07, 6.45) is 0.626. The number of hydrogen-bond donors (Lipinski definition) is 1. The molecule has 1 aromatic rings. The average Bonchev–Trinajstić information content (AvgIpc) is 2.37. The Kier molecular flexibility index (Phi) is 4.56. The van der Waals surface area contributed by atoms with Crippen LogP contribution in [0.3, 0.4) is 0 Å². The molecule has 0 unspecified atom stereocenters. The number of quaternary nitrogens is 1. The monoisotopic (exact) mass is 264 g/mol. The van der Waals surface area contributed by atoms with Crippen molar-refractivity contribution in [1.82, 2.24) is 0 Å². The van der Waals surface area contributed by atoms with Crippen molar-refractivity contribution < 1.29 is 19.2 Å². The van der Waals surface area contributed by atoms with E-state index in [9.17, 15) is 4.79 Å². The molecule has 0 spiro atoms. The van der Waals surface area contributed by atoms with Gasteiger partial charge in [-0.25, -0.2) is 4.79 Å². The van der Waals surface area contributed by atoms with Crippen molar-refractivity contribution in [3.8, 4) is 0 Å². The first-order chi connectivity index (χ1) is 9.08. The van der Waals surface area contributed by atoms with Crippen molar-refractivity contribution in [2.75, 3.05) is 20.2 Å². The van der Waals surface area contributed by atoms with Crippen LogP contribution in [0.15, 0.2) is 24.3 Å². The lowest BCUT2D eigenvalue weighted by atomic mass is 10.1. The molecule has 1 fully saturated rings. The minimum Gasteiger partial charge on any atom is -0.465 e. The Hall–Kier alpha value is -1.39. The molecule has 1 aromatic carbocycles. The molecule has 0 aromatic heterocycles. The van der Waals surface area contributed by atoms with Crippen LogP contribution in [0.4, 0.5) is 0 Å². The van der Waals surface area contributed by atoms with Crippen molar-refractivity contribution in [3.63, 3.8) is 0 Å². The lowest BCUT2D eigenvalue weighted by Gasteiger charge is -2.32. The number of methoxy groups -OCH3 is 1. The Morgan fingerprint density at radius 2 is 1.84 bits per heavy atom. The fourth-order valence-electron chi connectivity index (χ4n) is 2.70. The highest BCUT2D eigenvalue weighted by atomic mass is 16.5. The van der Waals surface area contributed by atoms with E-state index in [2.05, 4.69) is 13.8 Å². The van der Waals surface area contributed by atoms with Gasteiger partial charge in [0, 0.05) is 5.56 Å². The molecule has 1 heterocycles. The van der Waals surface area contributed by atoms with Gasteiger partial charge in [0.2, 0.25) is 0 Å². The van der Waals surface area contributed by atoms with Crippen LogP contribution in [0.2, 0.25) is 0 Å². The highest BCUT2D eigenvalue weighted by molar-refractivity contribution is 5.89. The number of esters is 1. The molecule has 19 heavy (non-hydrogen) atoms. The Morgan fingerprint density at radius 3 is 2.37 bits per heavy atom. The fraction of sp³-hybridized carbons (Fsp3) is 0.533. The summed E-state index contributed by atoms with van der Waals surface area (Å²) in [6.45, 7) is 7.28. The standard InChI is InChI=1S/C15H21NO3/c1-11-8-16(9-12(2)19-11)10-13-4-6-14(7-5-13)15(17)18-3/h4-7,11-12H,8-10H2,1-3H3/p+1/t11-,12-/m0/s1. The molecule has 4 heteroatoms. The van der Waals surface area contributed by atoms with Gasteiger partial charge in [-0.15, -0.1) is 0 Å². The van der Waals surface area contributed by atoms with Crippen LogP contribution in [-0.2, 0) is 16.0 Å². The molecule has 1 N–H and O–H groups in total. The maximum Gasteiger partial charge on any atom is 0.337 e. The summed E-state index contributed by atoms with van der Waals surface area (Å²) < 4.78 is 10.4. The smallest absolute Gasteiger partial charge is 0.337 e. The molecule has 0 saturated carbocycles. The lowest BCUT2D eigenvalue weighted by molar-refractivity contribution is -0.928. The molecule has 4 nitrogen and oxygen atoms in total. The van der Waals surface area contributed by atoms with Gasteiger partial charge in [0.15, 0.2) is 0 Å². The second kappa shape index (κ2) is 6.17.